The van der Waals surface area contributed by atoms with Crippen LogP contribution in [0.2, 0.25) is 5.02 Å². The molecule has 0 saturated carbocycles. The van der Waals surface area contributed by atoms with Gasteiger partial charge in [-0.15, -0.1) is 0 Å². The third-order valence-corrected chi connectivity index (χ3v) is 4.44. The standard InChI is InChI=1S/C14H12ClNO5S/c1-21-10-3-5-11(6-4-10)22(19,20)16-13-7-2-9(15)8-12(13)14(17)18/h2-8,16H,1H3,(H,17,18). The summed E-state index contributed by atoms with van der Waals surface area (Å²) in [5, 5.41) is 9.31. The molecule has 6 nitrogen and oxygen atoms in total. The summed E-state index contributed by atoms with van der Waals surface area (Å²) in [5.74, 6) is -0.772. The topological polar surface area (TPSA) is 92.7 Å². The van der Waals surface area contributed by atoms with Gasteiger partial charge in [0.1, 0.15) is 5.75 Å². The Hall–Kier alpha value is -2.25. The maximum absolute atomic E-state index is 12.3. The van der Waals surface area contributed by atoms with Crippen molar-refractivity contribution in [3.05, 3.63) is 53.1 Å². The first kappa shape index (κ1) is 16.1. The molecule has 0 aliphatic carbocycles. The Bertz CT molecular complexity index is 802. The van der Waals surface area contributed by atoms with Crippen LogP contribution in [0.5, 0.6) is 5.75 Å². The van der Waals surface area contributed by atoms with Gasteiger partial charge in [-0.1, -0.05) is 11.6 Å². The number of carboxylic acids is 1. The minimum atomic E-state index is -3.92. The molecule has 0 aromatic heterocycles. The van der Waals surface area contributed by atoms with Crippen LogP contribution in [-0.2, 0) is 10.0 Å². The van der Waals surface area contributed by atoms with Gasteiger partial charge in [0.2, 0.25) is 0 Å². The molecule has 0 heterocycles. The fourth-order valence-corrected chi connectivity index (χ4v) is 2.99. The Morgan fingerprint density at radius 2 is 1.82 bits per heavy atom. The molecule has 0 amide bonds. The first-order chi connectivity index (χ1) is 10.3. The van der Waals surface area contributed by atoms with Crippen LogP contribution >= 0.6 is 11.6 Å². The van der Waals surface area contributed by atoms with Gasteiger partial charge in [-0.05, 0) is 42.5 Å². The summed E-state index contributed by atoms with van der Waals surface area (Å²) < 4.78 is 31.8. The summed E-state index contributed by atoms with van der Waals surface area (Å²) in [6, 6.07) is 9.58. The van der Waals surface area contributed by atoms with Crippen LogP contribution in [0.15, 0.2) is 47.4 Å². The molecule has 0 unspecified atom stereocenters. The predicted molar refractivity (Wildman–Crippen MR) is 82.2 cm³/mol. The number of hydrogen-bond donors (Lipinski definition) is 2. The van der Waals surface area contributed by atoms with E-state index in [-0.39, 0.29) is 21.2 Å². The number of carbonyl (C=O) groups is 1. The number of benzene rings is 2. The lowest BCUT2D eigenvalue weighted by molar-refractivity contribution is 0.0698. The Morgan fingerprint density at radius 3 is 2.36 bits per heavy atom. The molecule has 0 spiro atoms. The second kappa shape index (κ2) is 6.25. The van der Waals surface area contributed by atoms with E-state index in [1.54, 1.807) is 0 Å². The number of sulfonamides is 1. The van der Waals surface area contributed by atoms with E-state index in [2.05, 4.69) is 4.72 Å². The van der Waals surface area contributed by atoms with E-state index in [1.807, 2.05) is 0 Å². The molecule has 0 atom stereocenters. The summed E-state index contributed by atoms with van der Waals surface area (Å²) >= 11 is 5.73. The summed E-state index contributed by atoms with van der Waals surface area (Å²) in [5.41, 5.74) is -0.294. The van der Waals surface area contributed by atoms with Crippen molar-refractivity contribution in [1.82, 2.24) is 0 Å². The van der Waals surface area contributed by atoms with Crippen molar-refractivity contribution < 1.29 is 23.1 Å². The first-order valence-electron chi connectivity index (χ1n) is 6.03. The van der Waals surface area contributed by atoms with Gasteiger partial charge in [-0.3, -0.25) is 4.72 Å². The first-order valence-corrected chi connectivity index (χ1v) is 7.89. The number of anilines is 1. The third kappa shape index (κ3) is 3.49. The molecule has 2 aromatic rings. The quantitative estimate of drug-likeness (QED) is 0.872. The Morgan fingerprint density at radius 1 is 1.18 bits per heavy atom. The molecule has 2 aromatic carbocycles. The maximum atomic E-state index is 12.3. The summed E-state index contributed by atoms with van der Waals surface area (Å²) in [6.45, 7) is 0. The molecule has 116 valence electrons. The van der Waals surface area contributed by atoms with Gasteiger partial charge >= 0.3 is 5.97 Å². The minimum absolute atomic E-state index is 0.0143. The van der Waals surface area contributed by atoms with Gasteiger partial charge in [-0.25, -0.2) is 13.2 Å². The number of nitrogens with one attached hydrogen (secondary N) is 1. The molecule has 0 aliphatic rings. The molecule has 0 saturated heterocycles. The van der Waals surface area contributed by atoms with E-state index in [1.165, 1.54) is 49.6 Å². The van der Waals surface area contributed by atoms with Crippen molar-refractivity contribution in [2.45, 2.75) is 4.90 Å². The van der Waals surface area contributed by atoms with Crippen LogP contribution in [0.1, 0.15) is 10.4 Å². The zero-order valence-corrected chi connectivity index (χ0v) is 13.0. The average Bonchev–Trinajstić information content (AvgIpc) is 2.48. The molecular formula is C14H12ClNO5S. The highest BCUT2D eigenvalue weighted by atomic mass is 35.5. The van der Waals surface area contributed by atoms with Crippen LogP contribution in [0.25, 0.3) is 0 Å². The van der Waals surface area contributed by atoms with Gasteiger partial charge < -0.3 is 9.84 Å². The van der Waals surface area contributed by atoms with Crippen LogP contribution in [0.3, 0.4) is 0 Å². The van der Waals surface area contributed by atoms with Crippen molar-refractivity contribution in [3.8, 4) is 5.75 Å². The van der Waals surface area contributed by atoms with E-state index in [4.69, 9.17) is 21.4 Å². The highest BCUT2D eigenvalue weighted by Gasteiger charge is 2.19. The zero-order chi connectivity index (χ0) is 16.3. The molecule has 2 rings (SSSR count). The number of rotatable bonds is 5. The molecule has 0 bridgehead atoms. The van der Waals surface area contributed by atoms with Crippen molar-refractivity contribution in [1.29, 1.82) is 0 Å². The lowest BCUT2D eigenvalue weighted by Crippen LogP contribution is -2.15. The fraction of sp³-hybridized carbons (Fsp3) is 0.0714. The van der Waals surface area contributed by atoms with Crippen LogP contribution in [0, 0.1) is 0 Å². The van der Waals surface area contributed by atoms with E-state index in [0.717, 1.165) is 0 Å². The Balaban J connectivity index is 2.38. The number of aromatic carboxylic acids is 1. The van der Waals surface area contributed by atoms with E-state index in [9.17, 15) is 13.2 Å². The molecule has 0 aliphatic heterocycles. The number of halogens is 1. The summed E-state index contributed by atoms with van der Waals surface area (Å²) in [6.07, 6.45) is 0. The Labute approximate surface area is 132 Å². The van der Waals surface area contributed by atoms with Gasteiger partial charge in [-0.2, -0.15) is 0 Å². The van der Waals surface area contributed by atoms with Gasteiger partial charge in [0.25, 0.3) is 10.0 Å². The highest BCUT2D eigenvalue weighted by molar-refractivity contribution is 7.92. The Kier molecular flexibility index (Phi) is 4.58. The summed E-state index contributed by atoms with van der Waals surface area (Å²) in [7, 11) is -2.45. The second-order valence-electron chi connectivity index (χ2n) is 4.28. The predicted octanol–water partition coefficient (Wildman–Crippen LogP) is 2.85. The zero-order valence-electron chi connectivity index (χ0n) is 11.4. The molecule has 8 heteroatoms. The van der Waals surface area contributed by atoms with Crippen molar-refractivity contribution in [2.75, 3.05) is 11.8 Å². The molecule has 22 heavy (non-hydrogen) atoms. The molecule has 2 N–H and O–H groups in total. The molecule has 0 radical (unpaired) electrons. The van der Waals surface area contributed by atoms with Crippen molar-refractivity contribution in [3.63, 3.8) is 0 Å². The fourth-order valence-electron chi connectivity index (χ4n) is 1.74. The SMILES string of the molecule is COc1ccc(S(=O)(=O)Nc2ccc(Cl)cc2C(=O)O)cc1. The number of hydrogen-bond acceptors (Lipinski definition) is 4. The number of carboxylic acid groups (broad SMARTS) is 1. The van der Waals surface area contributed by atoms with Gasteiger partial charge in [0, 0.05) is 5.02 Å². The minimum Gasteiger partial charge on any atom is -0.497 e. The number of ether oxygens (including phenoxy) is 1. The van der Waals surface area contributed by atoms with Gasteiger partial charge in [0.15, 0.2) is 0 Å². The average molecular weight is 342 g/mol. The normalized spacial score (nSPS) is 11.0. The monoisotopic (exact) mass is 341 g/mol. The largest absolute Gasteiger partial charge is 0.497 e. The second-order valence-corrected chi connectivity index (χ2v) is 6.39. The molecule has 0 fully saturated rings. The highest BCUT2D eigenvalue weighted by Crippen LogP contribution is 2.24. The summed E-state index contributed by atoms with van der Waals surface area (Å²) in [4.78, 5) is 11.2. The van der Waals surface area contributed by atoms with Gasteiger partial charge in [0.05, 0.1) is 23.3 Å². The van der Waals surface area contributed by atoms with Crippen molar-refractivity contribution in [2.24, 2.45) is 0 Å². The van der Waals surface area contributed by atoms with Crippen LogP contribution in [-0.4, -0.2) is 26.6 Å². The van der Waals surface area contributed by atoms with Crippen molar-refractivity contribution >= 4 is 33.3 Å². The van der Waals surface area contributed by atoms with E-state index in [0.29, 0.717) is 5.75 Å². The maximum Gasteiger partial charge on any atom is 0.337 e. The van der Waals surface area contributed by atoms with Crippen LogP contribution < -0.4 is 9.46 Å². The van der Waals surface area contributed by atoms with E-state index >= 15 is 0 Å². The lowest BCUT2D eigenvalue weighted by atomic mass is 10.2. The van der Waals surface area contributed by atoms with E-state index < -0.39 is 16.0 Å². The lowest BCUT2D eigenvalue weighted by Gasteiger charge is -2.11. The third-order valence-electron chi connectivity index (χ3n) is 2.83. The number of methoxy groups -OCH3 is 1. The molecular weight excluding hydrogens is 330 g/mol. The smallest absolute Gasteiger partial charge is 0.337 e. The van der Waals surface area contributed by atoms with Crippen LogP contribution in [0.4, 0.5) is 5.69 Å².